The number of hydrogen-bond donors (Lipinski definition) is 0. The van der Waals surface area contributed by atoms with Crippen LogP contribution in [0.25, 0.3) is 0 Å². The molecule has 0 fully saturated rings. The smallest absolute Gasteiger partial charge is 0.358 e. The van der Waals surface area contributed by atoms with Crippen LogP contribution in [0.3, 0.4) is 0 Å². The lowest BCUT2D eigenvalue weighted by molar-refractivity contribution is 0.0518. The standard InChI is InChI=1S/C11H18N2O3/c1-4-16-11(14)10-5-7-13(12-10)9(2)6-8-15-3/h5,7,9H,4,6,8H2,1-3H3. The molecule has 0 aliphatic heterocycles. The van der Waals surface area contributed by atoms with Gasteiger partial charge in [-0.1, -0.05) is 0 Å². The highest BCUT2D eigenvalue weighted by Crippen LogP contribution is 2.10. The number of aromatic nitrogens is 2. The van der Waals surface area contributed by atoms with Gasteiger partial charge in [0.25, 0.3) is 0 Å². The van der Waals surface area contributed by atoms with E-state index in [-0.39, 0.29) is 12.0 Å². The van der Waals surface area contributed by atoms with Gasteiger partial charge in [0, 0.05) is 19.9 Å². The average Bonchev–Trinajstić information content (AvgIpc) is 2.75. The van der Waals surface area contributed by atoms with E-state index >= 15 is 0 Å². The minimum Gasteiger partial charge on any atom is -0.461 e. The minimum atomic E-state index is -0.375. The molecule has 0 saturated carbocycles. The highest BCUT2D eigenvalue weighted by atomic mass is 16.5. The lowest BCUT2D eigenvalue weighted by Crippen LogP contribution is -2.11. The van der Waals surface area contributed by atoms with Crippen molar-refractivity contribution in [3.05, 3.63) is 18.0 Å². The van der Waals surface area contributed by atoms with E-state index < -0.39 is 0 Å². The van der Waals surface area contributed by atoms with Crippen LogP contribution in [0.15, 0.2) is 12.3 Å². The fourth-order valence-corrected chi connectivity index (χ4v) is 1.32. The third kappa shape index (κ3) is 3.34. The molecule has 1 rings (SSSR count). The summed E-state index contributed by atoms with van der Waals surface area (Å²) in [7, 11) is 1.67. The Morgan fingerprint density at radius 2 is 2.38 bits per heavy atom. The maximum atomic E-state index is 11.4. The first kappa shape index (κ1) is 12.7. The van der Waals surface area contributed by atoms with Crippen molar-refractivity contribution in [3.63, 3.8) is 0 Å². The molecular weight excluding hydrogens is 208 g/mol. The number of rotatable bonds is 6. The van der Waals surface area contributed by atoms with Crippen LogP contribution in [0, 0.1) is 0 Å². The fraction of sp³-hybridized carbons (Fsp3) is 0.636. The monoisotopic (exact) mass is 226 g/mol. The molecule has 0 spiro atoms. The number of carbonyl (C=O) groups is 1. The van der Waals surface area contributed by atoms with Crippen molar-refractivity contribution < 1.29 is 14.3 Å². The first-order chi connectivity index (χ1) is 7.69. The third-order valence-electron chi connectivity index (χ3n) is 2.28. The van der Waals surface area contributed by atoms with Crippen LogP contribution in [-0.2, 0) is 9.47 Å². The van der Waals surface area contributed by atoms with Gasteiger partial charge < -0.3 is 9.47 Å². The average molecular weight is 226 g/mol. The van der Waals surface area contributed by atoms with Crippen LogP contribution >= 0.6 is 0 Å². The molecule has 0 N–H and O–H groups in total. The summed E-state index contributed by atoms with van der Waals surface area (Å²) in [6.45, 7) is 4.84. The van der Waals surface area contributed by atoms with Gasteiger partial charge in [0.1, 0.15) is 0 Å². The molecule has 1 aromatic heterocycles. The molecule has 5 heteroatoms. The Bertz CT molecular complexity index is 336. The number of hydrogen-bond acceptors (Lipinski definition) is 4. The van der Waals surface area contributed by atoms with E-state index in [0.717, 1.165) is 6.42 Å². The second-order valence-electron chi connectivity index (χ2n) is 3.53. The zero-order valence-corrected chi connectivity index (χ0v) is 9.97. The molecule has 0 aromatic carbocycles. The second kappa shape index (κ2) is 6.27. The Kier molecular flexibility index (Phi) is 4.98. The Hall–Kier alpha value is -1.36. The van der Waals surface area contributed by atoms with Crippen LogP contribution in [-0.4, -0.2) is 36.1 Å². The maximum Gasteiger partial charge on any atom is 0.358 e. The minimum absolute atomic E-state index is 0.211. The van der Waals surface area contributed by atoms with Crippen LogP contribution < -0.4 is 0 Å². The molecule has 0 aliphatic rings. The highest BCUT2D eigenvalue weighted by molar-refractivity contribution is 5.86. The number of carbonyl (C=O) groups excluding carboxylic acids is 1. The molecule has 1 heterocycles. The molecular formula is C11H18N2O3. The second-order valence-corrected chi connectivity index (χ2v) is 3.53. The summed E-state index contributed by atoms with van der Waals surface area (Å²) in [4.78, 5) is 11.4. The van der Waals surface area contributed by atoms with Crippen molar-refractivity contribution in [2.45, 2.75) is 26.3 Å². The van der Waals surface area contributed by atoms with Gasteiger partial charge in [-0.3, -0.25) is 4.68 Å². The quantitative estimate of drug-likeness (QED) is 0.692. The van der Waals surface area contributed by atoms with Gasteiger partial charge in [-0.15, -0.1) is 0 Å². The summed E-state index contributed by atoms with van der Waals surface area (Å²) in [5, 5.41) is 4.17. The van der Waals surface area contributed by atoms with Gasteiger partial charge in [-0.2, -0.15) is 5.10 Å². The Morgan fingerprint density at radius 1 is 1.62 bits per heavy atom. The molecule has 0 radical (unpaired) electrons. The van der Waals surface area contributed by atoms with Gasteiger partial charge in [0.05, 0.1) is 12.6 Å². The summed E-state index contributed by atoms with van der Waals surface area (Å²) < 4.78 is 11.6. The molecule has 90 valence electrons. The number of esters is 1. The van der Waals surface area contributed by atoms with Crippen molar-refractivity contribution in [1.82, 2.24) is 9.78 Å². The highest BCUT2D eigenvalue weighted by Gasteiger charge is 2.12. The van der Waals surface area contributed by atoms with Gasteiger partial charge in [0.2, 0.25) is 0 Å². The molecule has 1 atom stereocenters. The Labute approximate surface area is 95.3 Å². The zero-order chi connectivity index (χ0) is 12.0. The Balaban J connectivity index is 2.59. The molecule has 0 bridgehead atoms. The van der Waals surface area contributed by atoms with E-state index in [1.807, 2.05) is 6.92 Å². The predicted octanol–water partition coefficient (Wildman–Crippen LogP) is 1.66. The normalized spacial score (nSPS) is 12.4. The van der Waals surface area contributed by atoms with Crippen molar-refractivity contribution >= 4 is 5.97 Å². The van der Waals surface area contributed by atoms with Gasteiger partial charge in [0.15, 0.2) is 5.69 Å². The molecule has 0 saturated heterocycles. The number of methoxy groups -OCH3 is 1. The number of nitrogens with zero attached hydrogens (tertiary/aromatic N) is 2. The van der Waals surface area contributed by atoms with Crippen LogP contribution in [0.4, 0.5) is 0 Å². The van der Waals surface area contributed by atoms with Gasteiger partial charge >= 0.3 is 5.97 Å². The predicted molar refractivity (Wildman–Crippen MR) is 59.4 cm³/mol. The van der Waals surface area contributed by atoms with Crippen molar-refractivity contribution in [2.24, 2.45) is 0 Å². The molecule has 16 heavy (non-hydrogen) atoms. The summed E-state index contributed by atoms with van der Waals surface area (Å²) in [5.74, 6) is -0.375. The lowest BCUT2D eigenvalue weighted by atomic mass is 10.2. The summed E-state index contributed by atoms with van der Waals surface area (Å²) >= 11 is 0. The van der Waals surface area contributed by atoms with Crippen LogP contribution in [0.5, 0.6) is 0 Å². The first-order valence-electron chi connectivity index (χ1n) is 5.40. The molecule has 0 amide bonds. The summed E-state index contributed by atoms with van der Waals surface area (Å²) in [6, 6.07) is 1.88. The summed E-state index contributed by atoms with van der Waals surface area (Å²) in [6.07, 6.45) is 2.65. The van der Waals surface area contributed by atoms with E-state index in [4.69, 9.17) is 9.47 Å². The van der Waals surface area contributed by atoms with Crippen molar-refractivity contribution in [2.75, 3.05) is 20.3 Å². The van der Waals surface area contributed by atoms with Gasteiger partial charge in [-0.25, -0.2) is 4.79 Å². The largest absolute Gasteiger partial charge is 0.461 e. The van der Waals surface area contributed by atoms with Crippen molar-refractivity contribution in [3.8, 4) is 0 Å². The fourth-order valence-electron chi connectivity index (χ4n) is 1.32. The van der Waals surface area contributed by atoms with Crippen LogP contribution in [0.1, 0.15) is 36.8 Å². The molecule has 5 nitrogen and oxygen atoms in total. The SMILES string of the molecule is CCOC(=O)c1ccn(C(C)CCOC)n1. The van der Waals surface area contributed by atoms with E-state index in [1.165, 1.54) is 0 Å². The van der Waals surface area contributed by atoms with E-state index in [2.05, 4.69) is 5.10 Å². The topological polar surface area (TPSA) is 53.4 Å². The first-order valence-corrected chi connectivity index (χ1v) is 5.40. The van der Waals surface area contributed by atoms with E-state index in [0.29, 0.717) is 18.9 Å². The molecule has 1 aromatic rings. The van der Waals surface area contributed by atoms with E-state index in [1.54, 1.807) is 31.0 Å². The molecule has 1 unspecified atom stereocenters. The molecule has 0 aliphatic carbocycles. The van der Waals surface area contributed by atoms with Gasteiger partial charge in [-0.05, 0) is 26.3 Å². The van der Waals surface area contributed by atoms with Crippen LogP contribution in [0.2, 0.25) is 0 Å². The zero-order valence-electron chi connectivity index (χ0n) is 9.97. The van der Waals surface area contributed by atoms with Crippen molar-refractivity contribution in [1.29, 1.82) is 0 Å². The summed E-state index contributed by atoms with van der Waals surface area (Å²) in [5.41, 5.74) is 0.353. The number of ether oxygens (including phenoxy) is 2. The Morgan fingerprint density at radius 3 is 3.00 bits per heavy atom. The van der Waals surface area contributed by atoms with E-state index in [9.17, 15) is 4.79 Å². The lowest BCUT2D eigenvalue weighted by Gasteiger charge is -2.10. The maximum absolute atomic E-state index is 11.4. The third-order valence-corrected chi connectivity index (χ3v) is 2.28.